The highest BCUT2D eigenvalue weighted by atomic mass is 19.4. The van der Waals surface area contributed by atoms with Crippen molar-refractivity contribution in [1.29, 1.82) is 0 Å². The summed E-state index contributed by atoms with van der Waals surface area (Å²) < 4.78 is 46.4. The minimum atomic E-state index is -4.47. The zero-order valence-corrected chi connectivity index (χ0v) is 23.9. The van der Waals surface area contributed by atoms with Crippen molar-refractivity contribution < 1.29 is 32.9 Å². The Labute approximate surface area is 243 Å². The SMILES string of the molecule is CC(C)N(C(=O)/C=C/c1cccc(C(F)(F)F)c1)C1CC[C@@]2(O)[C@H]3Cc4ccc(O)c5c4[C@@]2(CCN3CC2CC2)C1O5. The van der Waals surface area contributed by atoms with Crippen LogP contribution in [0.15, 0.2) is 42.5 Å². The Morgan fingerprint density at radius 2 is 1.98 bits per heavy atom. The van der Waals surface area contributed by atoms with Gasteiger partial charge in [-0.25, -0.2) is 0 Å². The Morgan fingerprint density at radius 3 is 2.69 bits per heavy atom. The van der Waals surface area contributed by atoms with Crippen LogP contribution in [0.2, 0.25) is 0 Å². The summed E-state index contributed by atoms with van der Waals surface area (Å²) in [5.74, 6) is 0.831. The van der Waals surface area contributed by atoms with Crippen molar-refractivity contribution in [2.45, 2.75) is 93.8 Å². The van der Waals surface area contributed by atoms with Gasteiger partial charge in [0.15, 0.2) is 11.5 Å². The maximum absolute atomic E-state index is 13.8. The van der Waals surface area contributed by atoms with Crippen LogP contribution in [0.1, 0.15) is 68.2 Å². The second kappa shape index (κ2) is 9.48. The minimum Gasteiger partial charge on any atom is -0.504 e. The molecular weight excluding hydrogens is 545 g/mol. The molecule has 9 heteroatoms. The van der Waals surface area contributed by atoms with Crippen LogP contribution in [0.5, 0.6) is 11.5 Å². The minimum absolute atomic E-state index is 0.0457. The van der Waals surface area contributed by atoms with Crippen LogP contribution in [-0.2, 0) is 22.8 Å². The van der Waals surface area contributed by atoms with Gasteiger partial charge >= 0.3 is 6.18 Å². The first-order chi connectivity index (χ1) is 19.9. The van der Waals surface area contributed by atoms with Gasteiger partial charge in [0.2, 0.25) is 5.91 Å². The van der Waals surface area contributed by atoms with Crippen LogP contribution in [0.4, 0.5) is 13.2 Å². The Kier molecular flexibility index (Phi) is 6.27. The molecule has 2 saturated carbocycles. The van der Waals surface area contributed by atoms with Gasteiger partial charge in [0.25, 0.3) is 0 Å². The van der Waals surface area contributed by atoms with Gasteiger partial charge in [-0.05, 0) is 100 Å². The number of likely N-dealkylation sites (tertiary alicyclic amines) is 1. The Balaban J connectivity index is 1.25. The molecule has 2 aromatic carbocycles. The molecule has 2 N–H and O–H groups in total. The van der Waals surface area contributed by atoms with E-state index in [4.69, 9.17) is 4.74 Å². The lowest BCUT2D eigenvalue weighted by molar-refractivity contribution is -0.202. The van der Waals surface area contributed by atoms with E-state index in [-0.39, 0.29) is 29.3 Å². The Hall–Kier alpha value is -3.04. The molecule has 2 heterocycles. The average molecular weight is 583 g/mol. The monoisotopic (exact) mass is 582 g/mol. The van der Waals surface area contributed by atoms with E-state index in [1.54, 1.807) is 11.0 Å². The summed E-state index contributed by atoms with van der Waals surface area (Å²) in [6.07, 6.45) is 2.56. The van der Waals surface area contributed by atoms with E-state index in [0.29, 0.717) is 37.4 Å². The van der Waals surface area contributed by atoms with E-state index in [9.17, 15) is 28.2 Å². The van der Waals surface area contributed by atoms with Crippen LogP contribution in [0, 0.1) is 5.92 Å². The van der Waals surface area contributed by atoms with Crippen LogP contribution >= 0.6 is 0 Å². The highest BCUT2D eigenvalue weighted by Gasteiger charge is 2.73. The number of ether oxygens (including phenoxy) is 1. The van der Waals surface area contributed by atoms with Crippen LogP contribution in [0.25, 0.3) is 6.08 Å². The number of aromatic hydroxyl groups is 1. The molecule has 224 valence electrons. The van der Waals surface area contributed by atoms with E-state index in [1.165, 1.54) is 37.1 Å². The normalized spacial score (nSPS) is 31.7. The van der Waals surface area contributed by atoms with Crippen molar-refractivity contribution in [1.82, 2.24) is 9.80 Å². The molecule has 0 aromatic heterocycles. The molecule has 5 aliphatic rings. The number of amides is 1. The van der Waals surface area contributed by atoms with Gasteiger partial charge in [0.1, 0.15) is 6.10 Å². The van der Waals surface area contributed by atoms with E-state index in [1.807, 2.05) is 19.9 Å². The van der Waals surface area contributed by atoms with Gasteiger partial charge in [-0.3, -0.25) is 9.69 Å². The first-order valence-corrected chi connectivity index (χ1v) is 15.1. The fourth-order valence-electron chi connectivity index (χ4n) is 8.61. The van der Waals surface area contributed by atoms with E-state index >= 15 is 0 Å². The lowest BCUT2D eigenvalue weighted by atomic mass is 9.48. The summed E-state index contributed by atoms with van der Waals surface area (Å²) in [6.45, 7) is 5.63. The lowest BCUT2D eigenvalue weighted by Crippen LogP contribution is -2.78. The van der Waals surface area contributed by atoms with Crippen molar-refractivity contribution in [3.8, 4) is 11.5 Å². The third-order valence-electron chi connectivity index (χ3n) is 10.5. The summed E-state index contributed by atoms with van der Waals surface area (Å²) >= 11 is 0. The zero-order valence-electron chi connectivity index (χ0n) is 23.9. The predicted octanol–water partition coefficient (Wildman–Crippen LogP) is 5.29. The second-order valence-corrected chi connectivity index (χ2v) is 13.2. The fraction of sp³-hybridized carbons (Fsp3) is 0.545. The number of rotatable bonds is 6. The quantitative estimate of drug-likeness (QED) is 0.453. The number of phenols is 1. The molecule has 42 heavy (non-hydrogen) atoms. The number of aliphatic hydroxyl groups is 1. The number of nitrogens with zero attached hydrogens (tertiary/aromatic N) is 2. The van der Waals surface area contributed by atoms with Gasteiger partial charge < -0.3 is 19.8 Å². The van der Waals surface area contributed by atoms with Crippen LogP contribution in [0.3, 0.4) is 0 Å². The summed E-state index contributed by atoms with van der Waals surface area (Å²) in [4.78, 5) is 18.0. The maximum Gasteiger partial charge on any atom is 0.416 e. The van der Waals surface area contributed by atoms with Crippen molar-refractivity contribution in [2.75, 3.05) is 13.1 Å². The number of alkyl halides is 3. The van der Waals surface area contributed by atoms with Gasteiger partial charge in [-0.2, -0.15) is 13.2 Å². The molecule has 2 bridgehead atoms. The molecule has 3 fully saturated rings. The fourth-order valence-corrected chi connectivity index (χ4v) is 8.61. The van der Waals surface area contributed by atoms with Crippen molar-refractivity contribution in [3.05, 3.63) is 64.7 Å². The summed E-state index contributed by atoms with van der Waals surface area (Å²) in [5, 5.41) is 23.6. The number of benzene rings is 2. The second-order valence-electron chi connectivity index (χ2n) is 13.2. The maximum atomic E-state index is 13.8. The molecule has 1 spiro atoms. The largest absolute Gasteiger partial charge is 0.504 e. The molecule has 5 atom stereocenters. The third kappa shape index (κ3) is 4.03. The van der Waals surface area contributed by atoms with E-state index in [0.717, 1.165) is 36.3 Å². The summed E-state index contributed by atoms with van der Waals surface area (Å²) in [5.41, 5.74) is -0.314. The molecule has 6 nitrogen and oxygen atoms in total. The standard InChI is InChI=1S/C33H37F3N2O4/c1-19(2)38(27(40)11-8-20-4-3-5-23(16-20)33(34,35)36)24-12-13-32(41)26-17-22-9-10-25(39)29-28(22)31(32,30(24)42-29)14-15-37(26)18-21-6-7-21/h3-5,8-11,16,19,21,24,26,30,39,41H,6-7,12-15,17-18H2,1-2H3/b11-8+/t24?,26-,30?,31+,32-/m1/s1. The highest BCUT2D eigenvalue weighted by molar-refractivity contribution is 5.92. The topological polar surface area (TPSA) is 73.2 Å². The molecule has 0 radical (unpaired) electrons. The predicted molar refractivity (Wildman–Crippen MR) is 151 cm³/mol. The zero-order chi connectivity index (χ0) is 29.6. The molecule has 7 rings (SSSR count). The van der Waals surface area contributed by atoms with Gasteiger partial charge in [-0.15, -0.1) is 0 Å². The number of phenolic OH excluding ortho intramolecular Hbond substituents is 1. The van der Waals surface area contributed by atoms with Crippen LogP contribution < -0.4 is 4.74 Å². The number of hydrogen-bond donors (Lipinski definition) is 2. The van der Waals surface area contributed by atoms with Crippen molar-refractivity contribution in [2.24, 2.45) is 5.92 Å². The van der Waals surface area contributed by atoms with Gasteiger partial charge in [0.05, 0.1) is 22.6 Å². The lowest BCUT2D eigenvalue weighted by Gasteiger charge is -2.65. The van der Waals surface area contributed by atoms with Crippen molar-refractivity contribution in [3.63, 3.8) is 0 Å². The number of hydrogen-bond acceptors (Lipinski definition) is 5. The molecule has 1 saturated heterocycles. The number of carbonyl (C=O) groups is 1. The molecule has 2 unspecified atom stereocenters. The Morgan fingerprint density at radius 1 is 1.19 bits per heavy atom. The first kappa shape index (κ1) is 27.8. The first-order valence-electron chi connectivity index (χ1n) is 15.1. The third-order valence-corrected chi connectivity index (χ3v) is 10.5. The highest BCUT2D eigenvalue weighted by Crippen LogP contribution is 2.66. The van der Waals surface area contributed by atoms with E-state index in [2.05, 4.69) is 4.90 Å². The number of halogens is 3. The van der Waals surface area contributed by atoms with Crippen LogP contribution in [-0.4, -0.2) is 68.8 Å². The Bertz CT molecular complexity index is 1450. The molecule has 1 amide bonds. The van der Waals surface area contributed by atoms with Gasteiger partial charge in [0, 0.05) is 30.3 Å². The van der Waals surface area contributed by atoms with Gasteiger partial charge in [-0.1, -0.05) is 18.2 Å². The van der Waals surface area contributed by atoms with E-state index < -0.39 is 34.9 Å². The summed E-state index contributed by atoms with van der Waals surface area (Å²) in [6, 6.07) is 7.85. The average Bonchev–Trinajstić information content (AvgIpc) is 3.68. The molecule has 3 aliphatic carbocycles. The molecular formula is C33H37F3N2O4. The smallest absolute Gasteiger partial charge is 0.416 e. The number of piperidine rings is 1. The summed E-state index contributed by atoms with van der Waals surface area (Å²) in [7, 11) is 0. The number of carbonyl (C=O) groups excluding carboxylic acids is 1. The molecule has 2 aliphatic heterocycles. The molecule has 2 aromatic rings. The van der Waals surface area contributed by atoms with Crippen molar-refractivity contribution >= 4 is 12.0 Å².